The van der Waals surface area contributed by atoms with Crippen molar-refractivity contribution in [3.05, 3.63) is 0 Å². The summed E-state index contributed by atoms with van der Waals surface area (Å²) in [7, 11) is 0. The molecule has 4 bridgehead atoms. The van der Waals surface area contributed by atoms with Crippen LogP contribution < -0.4 is 5.32 Å². The first-order valence-corrected chi connectivity index (χ1v) is 8.24. The van der Waals surface area contributed by atoms with Crippen LogP contribution in [0, 0.1) is 17.3 Å². The second-order valence-corrected chi connectivity index (χ2v) is 8.14. The zero-order valence-electron chi connectivity index (χ0n) is 13.4. The molecule has 4 aliphatic carbocycles. The molecule has 4 aliphatic rings. The van der Waals surface area contributed by atoms with Crippen molar-refractivity contribution in [2.24, 2.45) is 17.3 Å². The van der Waals surface area contributed by atoms with Crippen molar-refractivity contribution in [2.75, 3.05) is 0 Å². The fourth-order valence-corrected chi connectivity index (χ4v) is 5.09. The smallest absolute Gasteiger partial charge is 0.390 e. The van der Waals surface area contributed by atoms with Crippen LogP contribution in [0.25, 0.3) is 0 Å². The molecule has 0 aromatic carbocycles. The summed E-state index contributed by atoms with van der Waals surface area (Å²) in [6.07, 6.45) is -2.84. The Morgan fingerprint density at radius 2 is 1.57 bits per heavy atom. The molecule has 1 atom stereocenters. The number of hydrogen-bond acceptors (Lipinski definition) is 3. The molecule has 0 spiro atoms. The summed E-state index contributed by atoms with van der Waals surface area (Å²) in [5.41, 5.74) is -4.27. The lowest BCUT2D eigenvalue weighted by Crippen LogP contribution is -2.68. The molecule has 0 aromatic rings. The van der Waals surface area contributed by atoms with Crippen LogP contribution in [0.1, 0.15) is 52.4 Å². The predicted octanol–water partition coefficient (Wildman–Crippen LogP) is 2.14. The molecule has 0 heterocycles. The van der Waals surface area contributed by atoms with E-state index in [0.717, 1.165) is 6.92 Å². The third-order valence-electron chi connectivity index (χ3n) is 6.37. The maximum Gasteiger partial charge on any atom is 0.402 e. The van der Waals surface area contributed by atoms with Crippen LogP contribution in [0.5, 0.6) is 0 Å². The first kappa shape index (κ1) is 17.0. The molecule has 0 saturated heterocycles. The molecule has 3 N–H and O–H groups in total. The monoisotopic (exact) mass is 335 g/mol. The first-order chi connectivity index (χ1) is 10.4. The minimum atomic E-state index is -4.60. The summed E-state index contributed by atoms with van der Waals surface area (Å²) in [4.78, 5) is 12.3. The molecular formula is C16H24F3NO3. The van der Waals surface area contributed by atoms with Gasteiger partial charge in [-0.3, -0.25) is 4.79 Å². The number of nitrogens with one attached hydrogen (secondary N) is 1. The maximum absolute atomic E-state index is 13.2. The third kappa shape index (κ3) is 2.56. The van der Waals surface area contributed by atoms with Crippen molar-refractivity contribution in [3.8, 4) is 0 Å². The number of alkyl halides is 3. The van der Waals surface area contributed by atoms with Crippen molar-refractivity contribution >= 4 is 5.91 Å². The van der Waals surface area contributed by atoms with Gasteiger partial charge < -0.3 is 15.5 Å². The Labute approximate surface area is 133 Å². The highest BCUT2D eigenvalue weighted by molar-refractivity contribution is 5.83. The minimum absolute atomic E-state index is 0.162. The normalized spacial score (nSPS) is 44.9. The molecule has 4 rings (SSSR count). The van der Waals surface area contributed by atoms with E-state index in [2.05, 4.69) is 5.32 Å². The zero-order chi connectivity index (χ0) is 17.3. The van der Waals surface area contributed by atoms with Crippen LogP contribution in [0.4, 0.5) is 13.2 Å². The number of amides is 1. The van der Waals surface area contributed by atoms with Gasteiger partial charge in [0, 0.05) is 12.5 Å². The highest BCUT2D eigenvalue weighted by Gasteiger charge is 2.62. The Kier molecular flexibility index (Phi) is 3.59. The Bertz CT molecular complexity index is 485. The van der Waals surface area contributed by atoms with E-state index < -0.39 is 34.7 Å². The second kappa shape index (κ2) is 4.85. The van der Waals surface area contributed by atoms with Gasteiger partial charge in [-0.2, -0.15) is 13.2 Å². The summed E-state index contributed by atoms with van der Waals surface area (Å²) < 4.78 is 39.7. The fourth-order valence-electron chi connectivity index (χ4n) is 5.09. The lowest BCUT2D eigenvalue weighted by atomic mass is 9.50. The average molecular weight is 335 g/mol. The first-order valence-electron chi connectivity index (χ1n) is 8.24. The van der Waals surface area contributed by atoms with E-state index in [9.17, 15) is 28.2 Å². The highest BCUT2D eigenvalue weighted by atomic mass is 19.4. The van der Waals surface area contributed by atoms with E-state index in [0.29, 0.717) is 32.1 Å². The summed E-state index contributed by atoms with van der Waals surface area (Å²) in [6.45, 7) is 2.29. The largest absolute Gasteiger partial charge is 0.402 e. The summed E-state index contributed by atoms with van der Waals surface area (Å²) in [6, 6.07) is -0.392. The molecule has 7 heteroatoms. The van der Waals surface area contributed by atoms with E-state index in [1.54, 1.807) is 0 Å². The Balaban J connectivity index is 1.78. The lowest BCUT2D eigenvalue weighted by Gasteiger charge is -2.61. The SMILES string of the molecule is CCC(C)(C(=O)NC1C2CC3(O)CC1CC(O)(C2)C3)C(F)(F)F. The van der Waals surface area contributed by atoms with Crippen LogP contribution in [-0.4, -0.2) is 39.5 Å². The van der Waals surface area contributed by atoms with E-state index in [1.807, 2.05) is 0 Å². The standard InChI is InChI=1S/C16H24F3NO3/c1-3-13(2,16(17,18)19)12(21)20-11-9-4-14(22)6-10(11)7-15(23,5-9)8-14/h9-11,22-23H,3-8H2,1-2H3,(H,20,21). The summed E-state index contributed by atoms with van der Waals surface area (Å²) in [5.74, 6) is -1.32. The van der Waals surface area contributed by atoms with E-state index in [1.165, 1.54) is 6.92 Å². The molecule has 0 radical (unpaired) electrons. The molecule has 4 fully saturated rings. The molecule has 0 aromatic heterocycles. The van der Waals surface area contributed by atoms with Crippen molar-refractivity contribution in [2.45, 2.75) is 75.8 Å². The molecule has 4 nitrogen and oxygen atoms in total. The van der Waals surface area contributed by atoms with Gasteiger partial charge in [-0.05, 0) is 50.9 Å². The quantitative estimate of drug-likeness (QED) is 0.740. The average Bonchev–Trinajstić information content (AvgIpc) is 2.37. The van der Waals surface area contributed by atoms with Crippen molar-refractivity contribution in [1.82, 2.24) is 5.32 Å². The Morgan fingerprint density at radius 3 is 1.91 bits per heavy atom. The van der Waals surface area contributed by atoms with Gasteiger partial charge in [-0.15, -0.1) is 0 Å². The number of hydrogen-bond donors (Lipinski definition) is 3. The van der Waals surface area contributed by atoms with E-state index >= 15 is 0 Å². The van der Waals surface area contributed by atoms with Gasteiger partial charge in [0.05, 0.1) is 11.2 Å². The fraction of sp³-hybridized carbons (Fsp3) is 0.938. The highest BCUT2D eigenvalue weighted by Crippen LogP contribution is 2.57. The molecule has 23 heavy (non-hydrogen) atoms. The second-order valence-electron chi connectivity index (χ2n) is 8.14. The molecule has 4 saturated carbocycles. The van der Waals surface area contributed by atoms with E-state index in [4.69, 9.17) is 0 Å². The Morgan fingerprint density at radius 1 is 1.13 bits per heavy atom. The lowest BCUT2D eigenvalue weighted by molar-refractivity contribution is -0.225. The van der Waals surface area contributed by atoms with Gasteiger partial charge in [0.25, 0.3) is 0 Å². The van der Waals surface area contributed by atoms with E-state index in [-0.39, 0.29) is 18.3 Å². The van der Waals surface area contributed by atoms with Crippen LogP contribution in [0.3, 0.4) is 0 Å². The van der Waals surface area contributed by atoms with Gasteiger partial charge in [0.1, 0.15) is 5.41 Å². The molecule has 1 unspecified atom stereocenters. The van der Waals surface area contributed by atoms with Crippen molar-refractivity contribution in [3.63, 3.8) is 0 Å². The third-order valence-corrected chi connectivity index (χ3v) is 6.37. The van der Waals surface area contributed by atoms with Crippen molar-refractivity contribution < 1.29 is 28.2 Å². The number of aliphatic hydroxyl groups is 2. The van der Waals surface area contributed by atoms with Gasteiger partial charge in [-0.1, -0.05) is 6.92 Å². The van der Waals surface area contributed by atoms with Crippen LogP contribution in [-0.2, 0) is 4.79 Å². The van der Waals surface area contributed by atoms with Gasteiger partial charge in [0.15, 0.2) is 0 Å². The molecule has 132 valence electrons. The number of carbonyl (C=O) groups excluding carboxylic acids is 1. The topological polar surface area (TPSA) is 69.6 Å². The summed E-state index contributed by atoms with van der Waals surface area (Å²) >= 11 is 0. The molecule has 0 aliphatic heterocycles. The van der Waals surface area contributed by atoms with Gasteiger partial charge in [-0.25, -0.2) is 0 Å². The van der Waals surface area contributed by atoms with Crippen LogP contribution in [0.2, 0.25) is 0 Å². The van der Waals surface area contributed by atoms with Gasteiger partial charge >= 0.3 is 6.18 Å². The number of rotatable bonds is 3. The van der Waals surface area contributed by atoms with Crippen LogP contribution in [0.15, 0.2) is 0 Å². The number of carbonyl (C=O) groups is 1. The predicted molar refractivity (Wildman–Crippen MR) is 76.3 cm³/mol. The molecular weight excluding hydrogens is 311 g/mol. The Hall–Kier alpha value is -0.820. The molecule has 1 amide bonds. The van der Waals surface area contributed by atoms with Crippen molar-refractivity contribution in [1.29, 1.82) is 0 Å². The summed E-state index contributed by atoms with van der Waals surface area (Å²) in [5, 5.41) is 23.6. The maximum atomic E-state index is 13.2. The number of halogens is 3. The minimum Gasteiger partial charge on any atom is -0.390 e. The van der Waals surface area contributed by atoms with Crippen LogP contribution >= 0.6 is 0 Å². The van der Waals surface area contributed by atoms with Gasteiger partial charge in [0.2, 0.25) is 5.91 Å². The zero-order valence-corrected chi connectivity index (χ0v) is 13.4.